The van der Waals surface area contributed by atoms with Crippen molar-refractivity contribution in [3.8, 4) is 0 Å². The SMILES string of the molecule is C[C@H](c1cc(C(F)(F)F)cc(C(F)(F)F)c1)N(C)C(=O)CC(c1ccc(F)cc1)C1CCNCC1. The third-order valence-corrected chi connectivity index (χ3v) is 6.71. The zero-order valence-electron chi connectivity index (χ0n) is 19.3. The molecule has 1 heterocycles. The van der Waals surface area contributed by atoms with Crippen LogP contribution in [0.3, 0.4) is 0 Å². The predicted molar refractivity (Wildman–Crippen MR) is 117 cm³/mol. The zero-order chi connectivity index (χ0) is 26.0. The zero-order valence-corrected chi connectivity index (χ0v) is 19.3. The van der Waals surface area contributed by atoms with E-state index < -0.39 is 41.2 Å². The first kappa shape index (κ1) is 27.0. The monoisotopic (exact) mass is 504 g/mol. The summed E-state index contributed by atoms with van der Waals surface area (Å²) in [7, 11) is 1.37. The lowest BCUT2D eigenvalue weighted by molar-refractivity contribution is -0.143. The molecular formula is C25H27F7N2O. The number of piperidine rings is 1. The smallest absolute Gasteiger partial charge is 0.339 e. The molecule has 1 N–H and O–H groups in total. The van der Waals surface area contributed by atoms with Crippen LogP contribution in [0.15, 0.2) is 42.5 Å². The fourth-order valence-corrected chi connectivity index (χ4v) is 4.51. The normalized spacial score (nSPS) is 17.2. The number of nitrogens with zero attached hydrogens (tertiary/aromatic N) is 1. The average Bonchev–Trinajstić information content (AvgIpc) is 2.81. The van der Waals surface area contributed by atoms with Crippen molar-refractivity contribution >= 4 is 5.91 Å². The number of rotatable bonds is 6. The maximum atomic E-state index is 13.5. The van der Waals surface area contributed by atoms with Gasteiger partial charge in [-0.1, -0.05) is 12.1 Å². The van der Waals surface area contributed by atoms with Gasteiger partial charge in [-0.3, -0.25) is 4.79 Å². The van der Waals surface area contributed by atoms with Gasteiger partial charge in [-0.25, -0.2) is 4.39 Å². The average molecular weight is 504 g/mol. The number of benzene rings is 2. The lowest BCUT2D eigenvalue weighted by Crippen LogP contribution is -2.35. The minimum absolute atomic E-state index is 0.00221. The minimum Gasteiger partial charge on any atom is -0.339 e. The molecule has 192 valence electrons. The number of hydrogen-bond donors (Lipinski definition) is 1. The second-order valence-electron chi connectivity index (χ2n) is 8.97. The second kappa shape index (κ2) is 10.6. The van der Waals surface area contributed by atoms with Crippen LogP contribution in [0.5, 0.6) is 0 Å². The van der Waals surface area contributed by atoms with Crippen molar-refractivity contribution in [2.24, 2.45) is 5.92 Å². The van der Waals surface area contributed by atoms with Crippen LogP contribution in [0.25, 0.3) is 0 Å². The second-order valence-corrected chi connectivity index (χ2v) is 8.97. The van der Waals surface area contributed by atoms with Gasteiger partial charge in [-0.05, 0) is 86.1 Å². The molecule has 1 aliphatic rings. The molecule has 1 unspecified atom stereocenters. The van der Waals surface area contributed by atoms with Crippen molar-refractivity contribution in [2.45, 2.75) is 50.5 Å². The summed E-state index contributed by atoms with van der Waals surface area (Å²) in [6.07, 6.45) is -8.36. The van der Waals surface area contributed by atoms with Gasteiger partial charge in [-0.15, -0.1) is 0 Å². The molecule has 10 heteroatoms. The highest BCUT2D eigenvalue weighted by atomic mass is 19.4. The number of alkyl halides is 6. The molecule has 0 aromatic heterocycles. The molecule has 0 spiro atoms. The van der Waals surface area contributed by atoms with Gasteiger partial charge in [0.15, 0.2) is 0 Å². The maximum absolute atomic E-state index is 13.5. The number of hydrogen-bond acceptors (Lipinski definition) is 2. The van der Waals surface area contributed by atoms with Gasteiger partial charge in [-0.2, -0.15) is 26.3 Å². The van der Waals surface area contributed by atoms with Crippen LogP contribution < -0.4 is 5.32 Å². The number of carbonyl (C=O) groups is 1. The molecule has 0 saturated carbocycles. The molecule has 0 radical (unpaired) electrons. The molecular weight excluding hydrogens is 477 g/mol. The topological polar surface area (TPSA) is 32.3 Å². The lowest BCUT2D eigenvalue weighted by Gasteiger charge is -2.33. The number of amides is 1. The summed E-state index contributed by atoms with van der Waals surface area (Å²) in [5, 5.41) is 3.24. The summed E-state index contributed by atoms with van der Waals surface area (Å²) in [5.74, 6) is -0.969. The van der Waals surface area contributed by atoms with Crippen molar-refractivity contribution in [3.63, 3.8) is 0 Å². The fraction of sp³-hybridized carbons (Fsp3) is 0.480. The summed E-state index contributed by atoms with van der Waals surface area (Å²) in [6.45, 7) is 2.91. The Morgan fingerprint density at radius 2 is 1.46 bits per heavy atom. The first-order chi connectivity index (χ1) is 16.3. The lowest BCUT2D eigenvalue weighted by atomic mass is 9.78. The summed E-state index contributed by atoms with van der Waals surface area (Å²) in [6, 6.07) is 6.17. The first-order valence-corrected chi connectivity index (χ1v) is 11.3. The Hall–Kier alpha value is -2.62. The van der Waals surface area contributed by atoms with E-state index in [2.05, 4.69) is 5.32 Å². The molecule has 1 aliphatic heterocycles. The van der Waals surface area contributed by atoms with Crippen LogP contribution in [-0.4, -0.2) is 30.9 Å². The number of halogens is 7. The molecule has 0 aliphatic carbocycles. The standard InChI is InChI=1S/C25H27F7N2O/c1-15(18-11-19(24(27,28)29)13-20(12-18)25(30,31)32)34(2)23(35)14-22(17-7-9-33-10-8-17)16-3-5-21(26)6-4-16/h3-6,11-13,15,17,22,33H,7-10,14H2,1-2H3/t15-,22?/m1/s1. The molecule has 35 heavy (non-hydrogen) atoms. The summed E-state index contributed by atoms with van der Waals surface area (Å²) in [5.41, 5.74) is -2.34. The molecule has 3 rings (SSSR count). The largest absolute Gasteiger partial charge is 0.416 e. The van der Waals surface area contributed by atoms with Crippen LogP contribution in [-0.2, 0) is 17.1 Å². The van der Waals surface area contributed by atoms with Crippen LogP contribution in [0.4, 0.5) is 30.7 Å². The summed E-state index contributed by atoms with van der Waals surface area (Å²) >= 11 is 0. The van der Waals surface area contributed by atoms with Gasteiger partial charge in [0.2, 0.25) is 5.91 Å². The van der Waals surface area contributed by atoms with Crippen molar-refractivity contribution in [1.29, 1.82) is 0 Å². The van der Waals surface area contributed by atoms with E-state index in [1.54, 1.807) is 12.1 Å². The maximum Gasteiger partial charge on any atom is 0.416 e. The van der Waals surface area contributed by atoms with Gasteiger partial charge in [0, 0.05) is 13.5 Å². The molecule has 2 aromatic rings. The van der Waals surface area contributed by atoms with E-state index in [1.165, 1.54) is 31.0 Å². The molecule has 1 fully saturated rings. The van der Waals surface area contributed by atoms with Crippen molar-refractivity contribution in [1.82, 2.24) is 10.2 Å². The van der Waals surface area contributed by atoms with E-state index >= 15 is 0 Å². The van der Waals surface area contributed by atoms with Crippen molar-refractivity contribution in [2.75, 3.05) is 20.1 Å². The van der Waals surface area contributed by atoms with E-state index in [-0.39, 0.29) is 29.9 Å². The number of carbonyl (C=O) groups excluding carboxylic acids is 1. The van der Waals surface area contributed by atoms with Crippen LogP contribution >= 0.6 is 0 Å². The Morgan fingerprint density at radius 1 is 0.943 bits per heavy atom. The van der Waals surface area contributed by atoms with Crippen LogP contribution in [0, 0.1) is 11.7 Å². The van der Waals surface area contributed by atoms with Crippen molar-refractivity contribution in [3.05, 3.63) is 70.5 Å². The van der Waals surface area contributed by atoms with Gasteiger partial charge in [0.05, 0.1) is 17.2 Å². The third-order valence-electron chi connectivity index (χ3n) is 6.71. The Kier molecular flexibility index (Phi) is 8.14. The van der Waals surface area contributed by atoms with E-state index in [4.69, 9.17) is 0 Å². The molecule has 3 nitrogen and oxygen atoms in total. The summed E-state index contributed by atoms with van der Waals surface area (Å²) < 4.78 is 93.1. The summed E-state index contributed by atoms with van der Waals surface area (Å²) in [4.78, 5) is 14.4. The van der Waals surface area contributed by atoms with Crippen LogP contribution in [0.2, 0.25) is 0 Å². The molecule has 2 aromatic carbocycles. The highest BCUT2D eigenvalue weighted by molar-refractivity contribution is 5.77. The quantitative estimate of drug-likeness (QED) is 0.452. The van der Waals surface area contributed by atoms with E-state index in [9.17, 15) is 35.5 Å². The fourth-order valence-electron chi connectivity index (χ4n) is 4.51. The highest BCUT2D eigenvalue weighted by Gasteiger charge is 2.38. The van der Waals surface area contributed by atoms with Crippen LogP contribution in [0.1, 0.15) is 60.4 Å². The van der Waals surface area contributed by atoms with E-state index in [1.807, 2.05) is 0 Å². The van der Waals surface area contributed by atoms with Gasteiger partial charge < -0.3 is 10.2 Å². The Labute approximate surface area is 199 Å². The van der Waals surface area contributed by atoms with E-state index in [0.29, 0.717) is 12.1 Å². The van der Waals surface area contributed by atoms with Gasteiger partial charge >= 0.3 is 12.4 Å². The predicted octanol–water partition coefficient (Wildman–Crippen LogP) is 6.56. The van der Waals surface area contributed by atoms with Gasteiger partial charge in [0.25, 0.3) is 0 Å². The molecule has 2 atom stereocenters. The van der Waals surface area contributed by atoms with E-state index in [0.717, 1.165) is 31.5 Å². The molecule has 1 saturated heterocycles. The van der Waals surface area contributed by atoms with Crippen molar-refractivity contribution < 1.29 is 35.5 Å². The molecule has 1 amide bonds. The Morgan fingerprint density at radius 3 is 1.94 bits per heavy atom. The number of nitrogens with one attached hydrogen (secondary N) is 1. The Bertz CT molecular complexity index is 980. The highest BCUT2D eigenvalue weighted by Crippen LogP contribution is 2.39. The minimum atomic E-state index is -4.97. The van der Waals surface area contributed by atoms with Gasteiger partial charge in [0.1, 0.15) is 5.82 Å². The third kappa shape index (κ3) is 6.74. The first-order valence-electron chi connectivity index (χ1n) is 11.3. The Balaban J connectivity index is 1.87. The molecule has 0 bridgehead atoms.